The second-order valence-electron chi connectivity index (χ2n) is 6.01. The largest absolute Gasteiger partial charge is 0.331 e. The third kappa shape index (κ3) is 3.14. The molecule has 0 aliphatic heterocycles. The first-order chi connectivity index (χ1) is 12.1. The summed E-state index contributed by atoms with van der Waals surface area (Å²) in [5, 5.41) is 0. The number of aryl methyl sites for hydroxylation is 1. The van der Waals surface area contributed by atoms with Gasteiger partial charge in [-0.05, 0) is 25.0 Å². The third-order valence-corrected chi connectivity index (χ3v) is 4.14. The molecule has 2 heterocycles. The Morgan fingerprint density at radius 2 is 1.72 bits per heavy atom. The Hall–Kier alpha value is -2.70. The van der Waals surface area contributed by atoms with Crippen LogP contribution in [0.5, 0.6) is 0 Å². The Balaban J connectivity index is 2.12. The standard InChI is InChI=1S/C18H21FN4O2/c1-3-9-22-15-8-6-5-7-14(15)20-16(22)12-21-11-13(19)17(24)23(10-4-2)18(21)25/h5-8,11H,3-4,9-10,12H2,1-2H3. The van der Waals surface area contributed by atoms with Crippen molar-refractivity contribution in [2.24, 2.45) is 0 Å². The lowest BCUT2D eigenvalue weighted by atomic mass is 10.3. The second kappa shape index (κ2) is 7.04. The minimum atomic E-state index is -0.925. The van der Waals surface area contributed by atoms with Crippen molar-refractivity contribution in [3.05, 3.63) is 62.9 Å². The van der Waals surface area contributed by atoms with E-state index in [9.17, 15) is 14.0 Å². The number of hydrogen-bond acceptors (Lipinski definition) is 3. The number of imidazole rings is 1. The van der Waals surface area contributed by atoms with E-state index in [2.05, 4.69) is 11.9 Å². The summed E-state index contributed by atoms with van der Waals surface area (Å²) in [6.07, 6.45) is 2.46. The maximum absolute atomic E-state index is 14.0. The molecule has 0 aliphatic rings. The van der Waals surface area contributed by atoms with Gasteiger partial charge < -0.3 is 4.57 Å². The van der Waals surface area contributed by atoms with Crippen molar-refractivity contribution in [1.29, 1.82) is 0 Å². The third-order valence-electron chi connectivity index (χ3n) is 4.14. The van der Waals surface area contributed by atoms with Gasteiger partial charge in [0.1, 0.15) is 5.82 Å². The van der Waals surface area contributed by atoms with Crippen molar-refractivity contribution in [3.63, 3.8) is 0 Å². The molecule has 3 rings (SSSR count). The van der Waals surface area contributed by atoms with E-state index in [0.717, 1.165) is 34.8 Å². The Morgan fingerprint density at radius 3 is 2.44 bits per heavy atom. The van der Waals surface area contributed by atoms with E-state index >= 15 is 0 Å². The SMILES string of the molecule is CCCn1c(=O)c(F)cn(Cc2nc3ccccc3n2CCC)c1=O. The highest BCUT2D eigenvalue weighted by molar-refractivity contribution is 5.75. The van der Waals surface area contributed by atoms with Crippen molar-refractivity contribution in [3.8, 4) is 0 Å². The maximum Gasteiger partial charge on any atom is 0.331 e. The number of rotatable bonds is 6. The molecular weight excluding hydrogens is 323 g/mol. The van der Waals surface area contributed by atoms with Crippen LogP contribution in [0.4, 0.5) is 4.39 Å². The van der Waals surface area contributed by atoms with E-state index in [-0.39, 0.29) is 13.1 Å². The second-order valence-corrected chi connectivity index (χ2v) is 6.01. The Labute approximate surface area is 144 Å². The van der Waals surface area contributed by atoms with Crippen LogP contribution >= 0.6 is 0 Å². The van der Waals surface area contributed by atoms with Crippen molar-refractivity contribution >= 4 is 11.0 Å². The van der Waals surface area contributed by atoms with E-state index in [4.69, 9.17) is 0 Å². The predicted molar refractivity (Wildman–Crippen MR) is 94.3 cm³/mol. The van der Waals surface area contributed by atoms with Gasteiger partial charge in [-0.3, -0.25) is 13.9 Å². The molecule has 0 N–H and O–H groups in total. The normalized spacial score (nSPS) is 11.3. The van der Waals surface area contributed by atoms with Crippen LogP contribution in [0.2, 0.25) is 0 Å². The highest BCUT2D eigenvalue weighted by Crippen LogP contribution is 2.17. The van der Waals surface area contributed by atoms with E-state index in [0.29, 0.717) is 12.2 Å². The molecule has 0 saturated carbocycles. The van der Waals surface area contributed by atoms with E-state index in [1.165, 1.54) is 4.57 Å². The fraction of sp³-hybridized carbons (Fsp3) is 0.389. The van der Waals surface area contributed by atoms with E-state index in [1.807, 2.05) is 35.8 Å². The zero-order valence-corrected chi connectivity index (χ0v) is 14.4. The summed E-state index contributed by atoms with van der Waals surface area (Å²) in [6.45, 7) is 4.96. The van der Waals surface area contributed by atoms with Crippen LogP contribution < -0.4 is 11.2 Å². The van der Waals surface area contributed by atoms with Crippen molar-refractivity contribution in [2.45, 2.75) is 46.3 Å². The molecule has 3 aromatic rings. The number of para-hydroxylation sites is 2. The number of fused-ring (bicyclic) bond motifs is 1. The molecule has 6 nitrogen and oxygen atoms in total. The highest BCUT2D eigenvalue weighted by atomic mass is 19.1. The smallest absolute Gasteiger partial charge is 0.326 e. The van der Waals surface area contributed by atoms with Crippen LogP contribution in [0.15, 0.2) is 40.1 Å². The lowest BCUT2D eigenvalue weighted by molar-refractivity contribution is 0.489. The summed E-state index contributed by atoms with van der Waals surface area (Å²) in [4.78, 5) is 29.0. The Morgan fingerprint density at radius 1 is 1.04 bits per heavy atom. The fourth-order valence-electron chi connectivity index (χ4n) is 3.02. The van der Waals surface area contributed by atoms with Crippen LogP contribution in [-0.2, 0) is 19.6 Å². The van der Waals surface area contributed by atoms with Crippen LogP contribution in [0, 0.1) is 5.82 Å². The molecule has 0 bridgehead atoms. The first-order valence-corrected chi connectivity index (χ1v) is 8.50. The number of benzene rings is 1. The number of nitrogens with zero attached hydrogens (tertiary/aromatic N) is 4. The van der Waals surface area contributed by atoms with Gasteiger partial charge in [-0.1, -0.05) is 26.0 Å². The van der Waals surface area contributed by atoms with Gasteiger partial charge in [-0.15, -0.1) is 0 Å². The van der Waals surface area contributed by atoms with Crippen LogP contribution in [0.1, 0.15) is 32.5 Å². The minimum absolute atomic E-state index is 0.119. The van der Waals surface area contributed by atoms with Gasteiger partial charge in [-0.2, -0.15) is 4.39 Å². The van der Waals surface area contributed by atoms with Crippen LogP contribution in [0.25, 0.3) is 11.0 Å². The molecule has 0 spiro atoms. The number of aromatic nitrogens is 4. The summed E-state index contributed by atoms with van der Waals surface area (Å²) in [6, 6.07) is 7.73. The highest BCUT2D eigenvalue weighted by Gasteiger charge is 2.15. The summed E-state index contributed by atoms with van der Waals surface area (Å²) in [7, 11) is 0. The van der Waals surface area contributed by atoms with Gasteiger partial charge in [-0.25, -0.2) is 9.78 Å². The molecule has 7 heteroatoms. The van der Waals surface area contributed by atoms with E-state index < -0.39 is 17.1 Å². The molecule has 2 aromatic heterocycles. The molecule has 0 aliphatic carbocycles. The average molecular weight is 344 g/mol. The Bertz CT molecular complexity index is 1020. The molecule has 0 atom stereocenters. The van der Waals surface area contributed by atoms with Crippen molar-refractivity contribution in [1.82, 2.24) is 18.7 Å². The molecular formula is C18H21FN4O2. The monoisotopic (exact) mass is 344 g/mol. The van der Waals surface area contributed by atoms with Gasteiger partial charge in [0, 0.05) is 13.1 Å². The van der Waals surface area contributed by atoms with E-state index in [1.54, 1.807) is 0 Å². The quantitative estimate of drug-likeness (QED) is 0.690. The fourth-order valence-corrected chi connectivity index (χ4v) is 3.02. The molecule has 0 amide bonds. The van der Waals surface area contributed by atoms with Crippen LogP contribution in [0.3, 0.4) is 0 Å². The first kappa shape index (κ1) is 17.1. The van der Waals surface area contributed by atoms with Gasteiger partial charge in [0.05, 0.1) is 23.8 Å². The number of halogens is 1. The molecule has 0 fully saturated rings. The molecule has 25 heavy (non-hydrogen) atoms. The zero-order chi connectivity index (χ0) is 18.0. The summed E-state index contributed by atoms with van der Waals surface area (Å²) in [5.41, 5.74) is 0.435. The summed E-state index contributed by atoms with van der Waals surface area (Å²) < 4.78 is 18.2. The van der Waals surface area contributed by atoms with Gasteiger partial charge in [0.2, 0.25) is 5.82 Å². The average Bonchev–Trinajstić information content (AvgIpc) is 2.94. The van der Waals surface area contributed by atoms with Gasteiger partial charge >= 0.3 is 5.69 Å². The molecule has 132 valence electrons. The summed E-state index contributed by atoms with van der Waals surface area (Å²) in [5.74, 6) is -0.252. The minimum Gasteiger partial charge on any atom is -0.326 e. The lowest BCUT2D eigenvalue weighted by Gasteiger charge is -2.11. The molecule has 0 radical (unpaired) electrons. The number of hydrogen-bond donors (Lipinski definition) is 0. The topological polar surface area (TPSA) is 61.8 Å². The maximum atomic E-state index is 14.0. The van der Waals surface area contributed by atoms with Crippen molar-refractivity contribution in [2.75, 3.05) is 0 Å². The zero-order valence-electron chi connectivity index (χ0n) is 14.4. The molecule has 0 unspecified atom stereocenters. The van der Waals surface area contributed by atoms with Crippen LogP contribution in [-0.4, -0.2) is 18.7 Å². The molecule has 0 saturated heterocycles. The Kier molecular flexibility index (Phi) is 4.83. The lowest BCUT2D eigenvalue weighted by Crippen LogP contribution is -2.41. The van der Waals surface area contributed by atoms with Crippen molar-refractivity contribution < 1.29 is 4.39 Å². The van der Waals surface area contributed by atoms with Gasteiger partial charge in [0.25, 0.3) is 5.56 Å². The summed E-state index contributed by atoms with van der Waals surface area (Å²) >= 11 is 0. The predicted octanol–water partition coefficient (Wildman–Crippen LogP) is 2.37. The first-order valence-electron chi connectivity index (χ1n) is 8.50. The van der Waals surface area contributed by atoms with Gasteiger partial charge in [0.15, 0.2) is 0 Å². The molecule has 1 aromatic carbocycles.